The van der Waals surface area contributed by atoms with Crippen molar-refractivity contribution in [3.05, 3.63) is 95.0 Å². The quantitative estimate of drug-likeness (QED) is 0.423. The molecule has 1 unspecified atom stereocenters. The summed E-state index contributed by atoms with van der Waals surface area (Å²) in [5.74, 6) is -0.860. The molecule has 3 aromatic carbocycles. The summed E-state index contributed by atoms with van der Waals surface area (Å²) in [6.07, 6.45) is 0. The van der Waals surface area contributed by atoms with E-state index in [0.29, 0.717) is 6.54 Å². The Bertz CT molecular complexity index is 1300. The molecular formula is C27H30ClN3O4S. The average molecular weight is 528 g/mol. The molecule has 36 heavy (non-hydrogen) atoms. The molecule has 3 aromatic rings. The Morgan fingerprint density at radius 2 is 1.56 bits per heavy atom. The van der Waals surface area contributed by atoms with Crippen molar-refractivity contribution in [2.24, 2.45) is 0 Å². The van der Waals surface area contributed by atoms with E-state index in [4.69, 9.17) is 11.6 Å². The highest BCUT2D eigenvalue weighted by Crippen LogP contribution is 2.30. The van der Waals surface area contributed by atoms with E-state index < -0.39 is 28.5 Å². The van der Waals surface area contributed by atoms with Gasteiger partial charge in [-0.2, -0.15) is 0 Å². The third-order valence-corrected chi connectivity index (χ3v) is 7.82. The largest absolute Gasteiger partial charge is 0.355 e. The van der Waals surface area contributed by atoms with Gasteiger partial charge in [-0.15, -0.1) is 0 Å². The maximum atomic E-state index is 13.7. The van der Waals surface area contributed by atoms with Crippen molar-refractivity contribution in [2.45, 2.75) is 38.3 Å². The van der Waals surface area contributed by atoms with E-state index in [0.717, 1.165) is 15.4 Å². The molecule has 0 radical (unpaired) electrons. The number of likely N-dealkylation sites (N-methyl/N-ethyl adjacent to an activating group) is 1. The van der Waals surface area contributed by atoms with Crippen molar-refractivity contribution in [2.75, 3.05) is 17.4 Å². The lowest BCUT2D eigenvalue weighted by Gasteiger charge is -2.32. The second-order valence-corrected chi connectivity index (χ2v) is 10.6. The number of nitrogens with zero attached hydrogens (tertiary/aromatic N) is 2. The molecule has 2 amide bonds. The number of nitrogens with one attached hydrogen (secondary N) is 1. The highest BCUT2D eigenvalue weighted by Gasteiger charge is 2.33. The van der Waals surface area contributed by atoms with Crippen LogP contribution in [0.15, 0.2) is 83.8 Å². The molecule has 0 saturated heterocycles. The van der Waals surface area contributed by atoms with E-state index in [1.807, 2.05) is 37.3 Å². The Labute approximate surface area is 217 Å². The molecule has 0 aliphatic heterocycles. The molecule has 0 aliphatic carbocycles. The molecule has 1 atom stereocenters. The van der Waals surface area contributed by atoms with Crippen LogP contribution in [-0.2, 0) is 26.2 Å². The first-order valence-corrected chi connectivity index (χ1v) is 13.4. The summed E-state index contributed by atoms with van der Waals surface area (Å²) < 4.78 is 28.5. The maximum Gasteiger partial charge on any atom is 0.264 e. The van der Waals surface area contributed by atoms with Crippen LogP contribution in [0.25, 0.3) is 0 Å². The van der Waals surface area contributed by atoms with Crippen LogP contribution in [0.5, 0.6) is 0 Å². The SMILES string of the molecule is CCNC(=O)C(C)N(Cc1ccccc1)C(=O)CN(c1ccccc1Cl)S(=O)(=O)c1ccc(C)cc1. The van der Waals surface area contributed by atoms with Crippen molar-refractivity contribution < 1.29 is 18.0 Å². The molecule has 3 rings (SSSR count). The molecule has 190 valence electrons. The van der Waals surface area contributed by atoms with Crippen LogP contribution in [-0.4, -0.2) is 44.3 Å². The van der Waals surface area contributed by atoms with Gasteiger partial charge in [0.05, 0.1) is 15.6 Å². The summed E-state index contributed by atoms with van der Waals surface area (Å²) in [6.45, 7) is 5.29. The predicted molar refractivity (Wildman–Crippen MR) is 142 cm³/mol. The normalized spacial score (nSPS) is 12.0. The van der Waals surface area contributed by atoms with Crippen LogP contribution >= 0.6 is 11.6 Å². The predicted octanol–water partition coefficient (Wildman–Crippen LogP) is 4.40. The molecule has 0 spiro atoms. The van der Waals surface area contributed by atoms with Gasteiger partial charge in [-0.25, -0.2) is 8.42 Å². The first kappa shape index (κ1) is 27.2. The van der Waals surface area contributed by atoms with Crippen LogP contribution < -0.4 is 9.62 Å². The van der Waals surface area contributed by atoms with E-state index in [9.17, 15) is 18.0 Å². The van der Waals surface area contributed by atoms with Crippen LogP contribution in [0.2, 0.25) is 5.02 Å². The van der Waals surface area contributed by atoms with Gasteiger partial charge in [0.25, 0.3) is 10.0 Å². The summed E-state index contributed by atoms with van der Waals surface area (Å²) >= 11 is 6.39. The van der Waals surface area contributed by atoms with Gasteiger partial charge in [0.1, 0.15) is 12.6 Å². The van der Waals surface area contributed by atoms with E-state index in [1.54, 1.807) is 50.2 Å². The van der Waals surface area contributed by atoms with Crippen LogP contribution in [0.3, 0.4) is 0 Å². The Hall–Kier alpha value is -3.36. The fourth-order valence-corrected chi connectivity index (χ4v) is 5.41. The standard InChI is InChI=1S/C27H30ClN3O4S/c1-4-29-27(33)21(3)30(18-22-10-6-5-7-11-22)26(32)19-31(25-13-9-8-12-24(25)28)36(34,35)23-16-14-20(2)15-17-23/h5-17,21H,4,18-19H2,1-3H3,(H,29,33). The fourth-order valence-electron chi connectivity index (χ4n) is 3.69. The number of carbonyl (C=O) groups excluding carboxylic acids is 2. The number of anilines is 1. The van der Waals surface area contributed by atoms with Gasteiger partial charge in [0, 0.05) is 13.1 Å². The van der Waals surface area contributed by atoms with E-state index in [1.165, 1.54) is 17.0 Å². The zero-order valence-corrected chi connectivity index (χ0v) is 22.1. The minimum absolute atomic E-state index is 0.0344. The van der Waals surface area contributed by atoms with Gasteiger partial charge in [0.2, 0.25) is 11.8 Å². The number of amides is 2. The minimum atomic E-state index is -4.15. The van der Waals surface area contributed by atoms with Crippen molar-refractivity contribution in [1.29, 1.82) is 0 Å². The molecule has 7 nitrogen and oxygen atoms in total. The summed E-state index contributed by atoms with van der Waals surface area (Å²) in [4.78, 5) is 27.8. The zero-order valence-electron chi connectivity index (χ0n) is 20.5. The number of rotatable bonds is 10. The fraction of sp³-hybridized carbons (Fsp3) is 0.259. The van der Waals surface area contributed by atoms with Gasteiger partial charge in [-0.1, -0.05) is 71.8 Å². The van der Waals surface area contributed by atoms with E-state index >= 15 is 0 Å². The summed E-state index contributed by atoms with van der Waals surface area (Å²) in [6, 6.07) is 21.2. The number of para-hydroxylation sites is 1. The number of carbonyl (C=O) groups is 2. The van der Waals surface area contributed by atoms with Crippen LogP contribution in [0, 0.1) is 6.92 Å². The second-order valence-electron chi connectivity index (χ2n) is 8.35. The highest BCUT2D eigenvalue weighted by molar-refractivity contribution is 7.92. The second kappa shape index (κ2) is 12.1. The van der Waals surface area contributed by atoms with Gasteiger partial charge >= 0.3 is 0 Å². The molecule has 0 aromatic heterocycles. The number of hydrogen-bond acceptors (Lipinski definition) is 4. The summed E-state index contributed by atoms with van der Waals surface area (Å²) in [5.41, 5.74) is 1.89. The van der Waals surface area contributed by atoms with Gasteiger partial charge < -0.3 is 10.2 Å². The van der Waals surface area contributed by atoms with Crippen molar-refractivity contribution in [1.82, 2.24) is 10.2 Å². The third kappa shape index (κ3) is 6.44. The highest BCUT2D eigenvalue weighted by atomic mass is 35.5. The van der Waals surface area contributed by atoms with Crippen molar-refractivity contribution in [3.63, 3.8) is 0 Å². The molecule has 0 fully saturated rings. The Kier molecular flexibility index (Phi) is 9.12. The van der Waals surface area contributed by atoms with Crippen LogP contribution in [0.1, 0.15) is 25.0 Å². The lowest BCUT2D eigenvalue weighted by Crippen LogP contribution is -2.51. The number of aryl methyl sites for hydroxylation is 1. The first-order chi connectivity index (χ1) is 17.1. The topological polar surface area (TPSA) is 86.8 Å². The first-order valence-electron chi connectivity index (χ1n) is 11.6. The number of halogens is 1. The Balaban J connectivity index is 2.03. The van der Waals surface area contributed by atoms with Gasteiger partial charge in [-0.3, -0.25) is 13.9 Å². The zero-order chi connectivity index (χ0) is 26.3. The molecule has 1 N–H and O–H groups in total. The molecule has 0 aliphatic rings. The third-order valence-electron chi connectivity index (χ3n) is 5.72. The average Bonchev–Trinajstić information content (AvgIpc) is 2.87. The lowest BCUT2D eigenvalue weighted by atomic mass is 10.1. The van der Waals surface area contributed by atoms with Crippen LogP contribution in [0.4, 0.5) is 5.69 Å². The maximum absolute atomic E-state index is 13.7. The number of sulfonamides is 1. The Morgan fingerprint density at radius 1 is 0.944 bits per heavy atom. The summed E-state index contributed by atoms with van der Waals surface area (Å²) in [7, 11) is -4.15. The van der Waals surface area contributed by atoms with E-state index in [2.05, 4.69) is 5.32 Å². The van der Waals surface area contributed by atoms with Gasteiger partial charge in [0.15, 0.2) is 0 Å². The Morgan fingerprint density at radius 3 is 2.17 bits per heavy atom. The van der Waals surface area contributed by atoms with E-state index in [-0.39, 0.29) is 28.1 Å². The number of benzene rings is 3. The van der Waals surface area contributed by atoms with Gasteiger partial charge in [-0.05, 0) is 50.6 Å². The monoisotopic (exact) mass is 527 g/mol. The van der Waals surface area contributed by atoms with Crippen molar-refractivity contribution >= 4 is 39.1 Å². The molecule has 0 saturated carbocycles. The number of hydrogen-bond donors (Lipinski definition) is 1. The van der Waals surface area contributed by atoms with Crippen molar-refractivity contribution in [3.8, 4) is 0 Å². The smallest absolute Gasteiger partial charge is 0.264 e. The summed E-state index contributed by atoms with van der Waals surface area (Å²) in [5, 5.41) is 2.92. The molecule has 0 heterocycles. The minimum Gasteiger partial charge on any atom is -0.355 e. The molecule has 9 heteroatoms. The molecular weight excluding hydrogens is 498 g/mol. The lowest BCUT2D eigenvalue weighted by molar-refractivity contribution is -0.139. The molecule has 0 bridgehead atoms.